The highest BCUT2D eigenvalue weighted by atomic mass is 32.2. The third-order valence-electron chi connectivity index (χ3n) is 6.43. The number of hydrogen-bond acceptors (Lipinski definition) is 7. The molecule has 0 saturated heterocycles. The number of rotatable bonds is 9. The van der Waals surface area contributed by atoms with Crippen LogP contribution in [0.4, 0.5) is 11.6 Å². The third kappa shape index (κ3) is 5.92. The van der Waals surface area contributed by atoms with Crippen LogP contribution in [0.15, 0.2) is 84.9 Å². The summed E-state index contributed by atoms with van der Waals surface area (Å²) in [5.41, 5.74) is 1.96. The summed E-state index contributed by atoms with van der Waals surface area (Å²) in [6, 6.07) is 24.3. The Morgan fingerprint density at radius 3 is 1.85 bits per heavy atom. The van der Waals surface area contributed by atoms with Crippen molar-refractivity contribution >= 4 is 39.4 Å². The molecule has 0 aliphatic carbocycles. The first-order valence-corrected chi connectivity index (χ1v) is 16.0. The Morgan fingerprint density at radius 1 is 0.897 bits per heavy atom. The van der Waals surface area contributed by atoms with Gasteiger partial charge < -0.3 is 4.57 Å². The largest absolute Gasteiger partial charge is 0.313 e. The Balaban J connectivity index is 2.03. The summed E-state index contributed by atoms with van der Waals surface area (Å²) in [5.74, 6) is -0.209. The lowest BCUT2D eigenvalue weighted by Gasteiger charge is -2.25. The van der Waals surface area contributed by atoms with Gasteiger partial charge in [0.05, 0.1) is 22.6 Å². The first-order chi connectivity index (χ1) is 18.4. The Bertz CT molecular complexity index is 1600. The van der Waals surface area contributed by atoms with Crippen LogP contribution in [0, 0.1) is 10.1 Å². The van der Waals surface area contributed by atoms with Gasteiger partial charge in [-0.1, -0.05) is 74.5 Å². The topological polar surface area (TPSA) is 123 Å². The molecular weight excluding hydrogens is 535 g/mol. The Kier molecular flexibility index (Phi) is 7.99. The number of aromatic nitrogens is 2. The average molecular weight is 565 g/mol. The van der Waals surface area contributed by atoms with Crippen LogP contribution in [0.3, 0.4) is 0 Å². The quantitative estimate of drug-likeness (QED) is 0.158. The van der Waals surface area contributed by atoms with Crippen LogP contribution in [0.1, 0.15) is 31.0 Å². The number of non-ortho nitro benzene ring substituents is 1. The molecule has 0 bridgehead atoms. The van der Waals surface area contributed by atoms with Crippen LogP contribution in [-0.2, 0) is 20.8 Å². The molecule has 11 heteroatoms. The van der Waals surface area contributed by atoms with Crippen molar-refractivity contribution in [3.63, 3.8) is 0 Å². The van der Waals surface area contributed by atoms with Gasteiger partial charge in [-0.3, -0.25) is 10.1 Å². The minimum absolute atomic E-state index is 0.0347. The van der Waals surface area contributed by atoms with Crippen LogP contribution in [0.25, 0.3) is 11.3 Å². The fourth-order valence-electron chi connectivity index (χ4n) is 4.28. The SMILES string of the molecule is CC(C)c1nc(N(C)S(C)(=O)=O)nc(-c2ccc([N+](=O)[O-])cc2)c1CP(=O)(c1ccccc1)c1ccccc1. The number of sulfonamides is 1. The highest BCUT2D eigenvalue weighted by molar-refractivity contribution is 7.92. The molecule has 0 amide bonds. The molecule has 39 heavy (non-hydrogen) atoms. The van der Waals surface area contributed by atoms with Gasteiger partial charge in [-0.25, -0.2) is 22.7 Å². The van der Waals surface area contributed by atoms with Gasteiger partial charge in [0.2, 0.25) is 16.0 Å². The van der Waals surface area contributed by atoms with E-state index in [2.05, 4.69) is 9.97 Å². The second-order valence-electron chi connectivity index (χ2n) is 9.49. The Hall–Kier alpha value is -3.88. The molecule has 0 fully saturated rings. The van der Waals surface area contributed by atoms with Gasteiger partial charge in [-0.2, -0.15) is 0 Å². The van der Waals surface area contributed by atoms with Crippen molar-refractivity contribution in [2.45, 2.75) is 25.9 Å². The number of anilines is 1. The van der Waals surface area contributed by atoms with Crippen molar-refractivity contribution in [3.8, 4) is 11.3 Å². The average Bonchev–Trinajstić information content (AvgIpc) is 2.93. The standard InChI is InChI=1S/C28H29N4O5PS/c1-20(2)26-25(19-38(35,23-11-7-5-8-12-23)24-13-9-6-10-14-24)27(21-15-17-22(18-16-21)32(33)34)30-28(29-26)31(3)39(4,36)37/h5-18,20H,19H2,1-4H3. The molecular formula is C28H29N4O5PS. The summed E-state index contributed by atoms with van der Waals surface area (Å²) < 4.78 is 40.8. The van der Waals surface area contributed by atoms with Gasteiger partial charge in [0.15, 0.2) is 0 Å². The zero-order valence-corrected chi connectivity index (χ0v) is 23.8. The lowest BCUT2D eigenvalue weighted by molar-refractivity contribution is -0.384. The van der Waals surface area contributed by atoms with E-state index in [-0.39, 0.29) is 23.7 Å². The van der Waals surface area contributed by atoms with E-state index < -0.39 is 22.1 Å². The molecule has 0 unspecified atom stereocenters. The minimum Gasteiger partial charge on any atom is -0.313 e. The van der Waals surface area contributed by atoms with Crippen molar-refractivity contribution in [2.24, 2.45) is 0 Å². The molecule has 202 valence electrons. The van der Waals surface area contributed by atoms with E-state index in [4.69, 9.17) is 0 Å². The first-order valence-electron chi connectivity index (χ1n) is 12.2. The zero-order valence-electron chi connectivity index (χ0n) is 22.1. The molecule has 0 radical (unpaired) electrons. The van der Waals surface area contributed by atoms with Crippen molar-refractivity contribution in [1.82, 2.24) is 9.97 Å². The second-order valence-corrected chi connectivity index (χ2v) is 14.3. The number of nitro benzene ring substituents is 1. The van der Waals surface area contributed by atoms with Gasteiger partial charge >= 0.3 is 0 Å². The van der Waals surface area contributed by atoms with Crippen LogP contribution in [0.2, 0.25) is 0 Å². The summed E-state index contributed by atoms with van der Waals surface area (Å²) >= 11 is 0. The fraction of sp³-hybridized carbons (Fsp3) is 0.214. The predicted octanol–water partition coefficient (Wildman–Crippen LogP) is 5.09. The summed E-state index contributed by atoms with van der Waals surface area (Å²) in [6.07, 6.45) is 1.13. The Morgan fingerprint density at radius 2 is 1.41 bits per heavy atom. The summed E-state index contributed by atoms with van der Waals surface area (Å²) in [4.78, 5) is 20.1. The van der Waals surface area contributed by atoms with E-state index in [1.807, 2.05) is 74.5 Å². The van der Waals surface area contributed by atoms with Crippen molar-refractivity contribution in [2.75, 3.05) is 17.6 Å². The van der Waals surface area contributed by atoms with Crippen molar-refractivity contribution in [3.05, 3.63) is 106 Å². The number of nitro groups is 1. The summed E-state index contributed by atoms with van der Waals surface area (Å²) in [5, 5.41) is 12.6. The molecule has 0 spiro atoms. The van der Waals surface area contributed by atoms with E-state index in [1.165, 1.54) is 19.2 Å². The molecule has 4 rings (SSSR count). The van der Waals surface area contributed by atoms with E-state index in [0.29, 0.717) is 33.1 Å². The first kappa shape index (κ1) is 28.1. The van der Waals surface area contributed by atoms with Gasteiger partial charge in [-0.15, -0.1) is 0 Å². The predicted molar refractivity (Wildman–Crippen MR) is 155 cm³/mol. The van der Waals surface area contributed by atoms with E-state index in [9.17, 15) is 18.5 Å². The monoisotopic (exact) mass is 564 g/mol. The van der Waals surface area contributed by atoms with Crippen LogP contribution < -0.4 is 14.9 Å². The second kappa shape index (κ2) is 11.1. The molecule has 9 nitrogen and oxygen atoms in total. The lowest BCUT2D eigenvalue weighted by atomic mass is 9.99. The van der Waals surface area contributed by atoms with Gasteiger partial charge in [0.1, 0.15) is 7.14 Å². The number of benzene rings is 3. The molecule has 1 aromatic heterocycles. The molecule has 1 heterocycles. The lowest BCUT2D eigenvalue weighted by Crippen LogP contribution is -2.28. The molecule has 4 aromatic rings. The summed E-state index contributed by atoms with van der Waals surface area (Å²) in [7, 11) is -5.59. The van der Waals surface area contributed by atoms with Crippen LogP contribution in [-0.4, -0.2) is 36.6 Å². The highest BCUT2D eigenvalue weighted by Crippen LogP contribution is 2.49. The third-order valence-corrected chi connectivity index (χ3v) is 10.6. The van der Waals surface area contributed by atoms with Crippen LogP contribution >= 0.6 is 7.14 Å². The maximum atomic E-state index is 15.0. The summed E-state index contributed by atoms with van der Waals surface area (Å²) in [6.45, 7) is 3.84. The van der Waals surface area contributed by atoms with Gasteiger partial charge in [-0.05, 0) is 18.1 Å². The van der Waals surface area contributed by atoms with Crippen molar-refractivity contribution in [1.29, 1.82) is 0 Å². The van der Waals surface area contributed by atoms with Crippen molar-refractivity contribution < 1.29 is 17.9 Å². The highest BCUT2D eigenvalue weighted by Gasteiger charge is 2.32. The van der Waals surface area contributed by atoms with E-state index >= 15 is 4.57 Å². The van der Waals surface area contributed by atoms with E-state index in [1.54, 1.807) is 12.1 Å². The maximum Gasteiger partial charge on any atom is 0.269 e. The zero-order chi connectivity index (χ0) is 28.4. The van der Waals surface area contributed by atoms with Gasteiger partial charge in [0.25, 0.3) is 5.69 Å². The normalized spacial score (nSPS) is 11.9. The molecule has 0 aliphatic rings. The number of nitrogens with zero attached hydrogens (tertiary/aromatic N) is 4. The number of hydrogen-bond donors (Lipinski definition) is 0. The minimum atomic E-state index is -3.68. The maximum absolute atomic E-state index is 15.0. The van der Waals surface area contributed by atoms with E-state index in [0.717, 1.165) is 10.6 Å². The molecule has 3 aromatic carbocycles. The van der Waals surface area contributed by atoms with Crippen LogP contribution in [0.5, 0.6) is 0 Å². The van der Waals surface area contributed by atoms with Gasteiger partial charge in [0, 0.05) is 47.1 Å². The molecule has 0 saturated carbocycles. The molecule has 0 atom stereocenters. The molecule has 0 N–H and O–H groups in total. The fourth-order valence-corrected chi connectivity index (χ4v) is 7.39. The smallest absolute Gasteiger partial charge is 0.269 e. The Labute approximate surface area is 228 Å². The molecule has 0 aliphatic heterocycles.